The van der Waals surface area contributed by atoms with E-state index < -0.39 is 11.4 Å². The quantitative estimate of drug-likeness (QED) is 0.642. The third-order valence-electron chi connectivity index (χ3n) is 6.68. The molecule has 0 aliphatic carbocycles. The van der Waals surface area contributed by atoms with Crippen LogP contribution in [0.5, 0.6) is 0 Å². The van der Waals surface area contributed by atoms with Crippen LogP contribution >= 0.6 is 0 Å². The molecule has 0 saturated carbocycles. The maximum absolute atomic E-state index is 13.9. The molecule has 4 heterocycles. The fraction of sp³-hybridized carbons (Fsp3) is 0.292. The number of para-hydroxylation sites is 2. The lowest BCUT2D eigenvalue weighted by Gasteiger charge is -2.35. The lowest BCUT2D eigenvalue weighted by Crippen LogP contribution is -2.54. The average Bonchev–Trinajstić information content (AvgIpc) is 3.45. The molecule has 7 nitrogen and oxygen atoms in total. The minimum atomic E-state index is -1.55. The molecule has 2 aromatic carbocycles. The van der Waals surface area contributed by atoms with E-state index in [-0.39, 0.29) is 35.3 Å². The Morgan fingerprint density at radius 3 is 2.65 bits per heavy atom. The van der Waals surface area contributed by atoms with E-state index in [1.54, 1.807) is 31.3 Å². The number of benzene rings is 2. The van der Waals surface area contributed by atoms with E-state index in [9.17, 15) is 14.4 Å². The summed E-state index contributed by atoms with van der Waals surface area (Å²) in [7, 11) is 1.67. The van der Waals surface area contributed by atoms with Crippen molar-refractivity contribution in [1.29, 1.82) is 0 Å². The highest BCUT2D eigenvalue weighted by Crippen LogP contribution is 2.52. The molecular formula is C24H20N2O5. The molecule has 1 fully saturated rings. The Bertz CT molecular complexity index is 1320. The van der Waals surface area contributed by atoms with Crippen molar-refractivity contribution in [2.24, 2.45) is 0 Å². The summed E-state index contributed by atoms with van der Waals surface area (Å²) >= 11 is 0. The maximum Gasteiger partial charge on any atom is 0.291 e. The van der Waals surface area contributed by atoms with E-state index in [2.05, 4.69) is 0 Å². The molecule has 0 bridgehead atoms. The normalized spacial score (nSPS) is 24.5. The summed E-state index contributed by atoms with van der Waals surface area (Å²) in [6.45, 7) is 0.838. The molecule has 3 aliphatic heterocycles. The fourth-order valence-electron chi connectivity index (χ4n) is 5.28. The van der Waals surface area contributed by atoms with Crippen LogP contribution in [0, 0.1) is 0 Å². The number of fused-ring (bicyclic) bond motifs is 5. The summed E-state index contributed by atoms with van der Waals surface area (Å²) < 4.78 is 11.8. The van der Waals surface area contributed by atoms with Gasteiger partial charge < -0.3 is 19.0 Å². The van der Waals surface area contributed by atoms with E-state index in [0.717, 1.165) is 12.8 Å². The van der Waals surface area contributed by atoms with Crippen LogP contribution in [0.4, 0.5) is 5.69 Å². The number of rotatable bonds is 2. The fourth-order valence-corrected chi connectivity index (χ4v) is 5.28. The zero-order chi connectivity index (χ0) is 21.3. The second-order valence-corrected chi connectivity index (χ2v) is 8.27. The van der Waals surface area contributed by atoms with Gasteiger partial charge in [0.25, 0.3) is 11.8 Å². The number of carbonyl (C=O) groups excluding carboxylic acids is 2. The Morgan fingerprint density at radius 1 is 1.06 bits per heavy atom. The smallest absolute Gasteiger partial charge is 0.291 e. The summed E-state index contributed by atoms with van der Waals surface area (Å²) in [6, 6.07) is 14.1. The molecule has 0 N–H and O–H groups in total. The van der Waals surface area contributed by atoms with Gasteiger partial charge in [0.1, 0.15) is 5.58 Å². The summed E-state index contributed by atoms with van der Waals surface area (Å²) in [5, 5.41) is 0.354. The van der Waals surface area contributed by atoms with Gasteiger partial charge in [0.05, 0.1) is 17.1 Å². The zero-order valence-corrected chi connectivity index (χ0v) is 17.0. The van der Waals surface area contributed by atoms with Crippen molar-refractivity contribution in [3.63, 3.8) is 0 Å². The summed E-state index contributed by atoms with van der Waals surface area (Å²) in [4.78, 5) is 44.3. The van der Waals surface area contributed by atoms with Crippen molar-refractivity contribution in [3.8, 4) is 0 Å². The van der Waals surface area contributed by atoms with Crippen molar-refractivity contribution in [2.75, 3.05) is 25.1 Å². The topological polar surface area (TPSA) is 80.1 Å². The highest BCUT2D eigenvalue weighted by molar-refractivity contribution is 6.16. The minimum absolute atomic E-state index is 0.0554. The van der Waals surface area contributed by atoms with Crippen LogP contribution in [-0.4, -0.2) is 43.0 Å². The van der Waals surface area contributed by atoms with Crippen molar-refractivity contribution in [2.45, 2.75) is 24.5 Å². The van der Waals surface area contributed by atoms with Crippen LogP contribution in [0.2, 0.25) is 0 Å². The maximum atomic E-state index is 13.9. The summed E-state index contributed by atoms with van der Waals surface area (Å²) in [5.74, 6) is -0.840. The molecule has 7 heteroatoms. The monoisotopic (exact) mass is 416 g/mol. The highest BCUT2D eigenvalue weighted by atomic mass is 16.5. The molecule has 3 aromatic rings. The molecule has 3 aliphatic rings. The first-order chi connectivity index (χ1) is 15.0. The van der Waals surface area contributed by atoms with Crippen LogP contribution in [0.3, 0.4) is 0 Å². The number of hydrogen-bond donors (Lipinski definition) is 0. The Hall–Kier alpha value is -3.45. The molecule has 0 unspecified atom stereocenters. The van der Waals surface area contributed by atoms with E-state index >= 15 is 0 Å². The Kier molecular flexibility index (Phi) is 3.71. The van der Waals surface area contributed by atoms with Crippen molar-refractivity contribution in [3.05, 3.63) is 75.6 Å². The van der Waals surface area contributed by atoms with Crippen molar-refractivity contribution < 1.29 is 18.7 Å². The van der Waals surface area contributed by atoms with Gasteiger partial charge in [-0.05, 0) is 31.0 Å². The number of anilines is 1. The van der Waals surface area contributed by atoms with Gasteiger partial charge in [-0.3, -0.25) is 14.4 Å². The molecule has 1 spiro atoms. The molecule has 1 aromatic heterocycles. The molecule has 1 saturated heterocycles. The van der Waals surface area contributed by atoms with Crippen molar-refractivity contribution in [1.82, 2.24) is 4.90 Å². The SMILES string of the molecule is CN1C(=O)[C@@]2(c3ccccc31)c1c(oc3ccccc3c1=O)C(=O)N2C[C@@H]1CCCO1. The van der Waals surface area contributed by atoms with E-state index in [0.29, 0.717) is 28.8 Å². The van der Waals surface area contributed by atoms with Crippen LogP contribution in [0.25, 0.3) is 11.0 Å². The van der Waals surface area contributed by atoms with Crippen molar-refractivity contribution >= 4 is 28.5 Å². The van der Waals surface area contributed by atoms with Crippen LogP contribution in [0.1, 0.15) is 34.5 Å². The van der Waals surface area contributed by atoms with E-state index in [4.69, 9.17) is 9.15 Å². The third-order valence-corrected chi connectivity index (χ3v) is 6.68. The summed E-state index contributed by atoms with van der Waals surface area (Å²) in [6.07, 6.45) is 1.51. The standard InChI is InChI=1S/C24H20N2O5/c1-25-17-10-4-3-9-16(17)24(23(25)29)19-20(27)15-8-2-5-11-18(15)31-21(19)22(28)26(24)13-14-7-6-12-30-14/h2-5,8-11,14H,6-7,12-13H2,1H3/t14-,24+/m0/s1. The minimum Gasteiger partial charge on any atom is -0.450 e. The number of ether oxygens (including phenoxy) is 1. The van der Waals surface area contributed by atoms with Crippen LogP contribution in [-0.2, 0) is 15.1 Å². The van der Waals surface area contributed by atoms with Gasteiger partial charge in [-0.1, -0.05) is 30.3 Å². The number of nitrogens with zero attached hydrogens (tertiary/aromatic N) is 2. The summed E-state index contributed by atoms with van der Waals surface area (Å²) in [5.41, 5.74) is -0.155. The third kappa shape index (κ3) is 2.19. The molecular weight excluding hydrogens is 396 g/mol. The molecule has 156 valence electrons. The Balaban J connectivity index is 1.70. The first-order valence-electron chi connectivity index (χ1n) is 10.4. The van der Waals surface area contributed by atoms with E-state index in [1.165, 1.54) is 9.80 Å². The first-order valence-corrected chi connectivity index (χ1v) is 10.4. The van der Waals surface area contributed by atoms with Gasteiger partial charge >= 0.3 is 0 Å². The van der Waals surface area contributed by atoms with Gasteiger partial charge in [-0.2, -0.15) is 0 Å². The Morgan fingerprint density at radius 2 is 1.84 bits per heavy atom. The predicted octanol–water partition coefficient (Wildman–Crippen LogP) is 2.65. The highest BCUT2D eigenvalue weighted by Gasteiger charge is 2.64. The molecule has 6 rings (SSSR count). The van der Waals surface area contributed by atoms with Gasteiger partial charge in [-0.15, -0.1) is 0 Å². The van der Waals surface area contributed by atoms with Gasteiger partial charge in [0.2, 0.25) is 5.76 Å². The van der Waals surface area contributed by atoms with Gasteiger partial charge in [0, 0.05) is 31.5 Å². The Labute approximate surface area is 177 Å². The molecule has 31 heavy (non-hydrogen) atoms. The predicted molar refractivity (Wildman–Crippen MR) is 113 cm³/mol. The number of carbonyl (C=O) groups is 2. The second kappa shape index (κ2) is 6.28. The van der Waals surface area contributed by atoms with E-state index in [1.807, 2.05) is 24.3 Å². The first kappa shape index (κ1) is 18.3. The average molecular weight is 416 g/mol. The van der Waals surface area contributed by atoms with Crippen LogP contribution < -0.4 is 10.3 Å². The van der Waals surface area contributed by atoms with Gasteiger partial charge in [0.15, 0.2) is 11.0 Å². The molecule has 2 amide bonds. The number of hydrogen-bond acceptors (Lipinski definition) is 5. The van der Waals surface area contributed by atoms with Crippen LogP contribution in [0.15, 0.2) is 57.7 Å². The number of likely N-dealkylation sites (N-methyl/N-ethyl adjacent to an activating group) is 1. The molecule has 2 atom stereocenters. The largest absolute Gasteiger partial charge is 0.450 e. The lowest BCUT2D eigenvalue weighted by molar-refractivity contribution is -0.126. The lowest BCUT2D eigenvalue weighted by atomic mass is 9.83. The second-order valence-electron chi connectivity index (χ2n) is 8.27. The zero-order valence-electron chi connectivity index (χ0n) is 17.0. The number of amides is 2. The van der Waals surface area contributed by atoms with Gasteiger partial charge in [-0.25, -0.2) is 0 Å². The molecule has 0 radical (unpaired) electrons.